The lowest BCUT2D eigenvalue weighted by Gasteiger charge is -2.28. The molecule has 10 heteroatoms. The summed E-state index contributed by atoms with van der Waals surface area (Å²) in [4.78, 5) is 58.0. The van der Waals surface area contributed by atoms with Crippen molar-refractivity contribution in [2.75, 3.05) is 0 Å². The Kier molecular flexibility index (Phi) is 11.4. The van der Waals surface area contributed by atoms with Gasteiger partial charge in [0.25, 0.3) is 0 Å². The van der Waals surface area contributed by atoms with Crippen molar-refractivity contribution in [3.05, 3.63) is 108 Å². The Morgan fingerprint density at radius 1 is 0.976 bits per heavy atom. The summed E-state index contributed by atoms with van der Waals surface area (Å²) in [7, 11) is -2.77. The van der Waals surface area contributed by atoms with E-state index in [-0.39, 0.29) is 25.6 Å². The highest BCUT2D eigenvalue weighted by molar-refractivity contribution is 7.43. The summed E-state index contributed by atoms with van der Waals surface area (Å²) in [5.41, 5.74) is 3.40. The van der Waals surface area contributed by atoms with Gasteiger partial charge in [0.1, 0.15) is 18.7 Å². The Labute approximate surface area is 246 Å². The van der Waals surface area contributed by atoms with Gasteiger partial charge in [0.2, 0.25) is 19.8 Å². The number of benzene rings is 3. The third-order valence-electron chi connectivity index (χ3n) is 6.66. The fraction of sp³-hybridized carbons (Fsp3) is 0.281. The number of ether oxygens (including phenoxy) is 1. The monoisotopic (exact) mass is 589 g/mol. The van der Waals surface area contributed by atoms with Crippen molar-refractivity contribution in [2.45, 2.75) is 52.0 Å². The first kappa shape index (κ1) is 31.1. The van der Waals surface area contributed by atoms with Gasteiger partial charge in [0.05, 0.1) is 6.61 Å². The molecule has 3 N–H and O–H groups in total. The van der Waals surface area contributed by atoms with Crippen molar-refractivity contribution in [1.82, 2.24) is 15.4 Å². The summed E-state index contributed by atoms with van der Waals surface area (Å²) in [5.74, 6) is -0.0837. The molecule has 1 aromatic heterocycles. The van der Waals surface area contributed by atoms with Crippen LogP contribution in [0.25, 0.3) is 10.9 Å². The van der Waals surface area contributed by atoms with Crippen LogP contribution in [0.4, 0.5) is 0 Å². The van der Waals surface area contributed by atoms with Crippen LogP contribution < -0.4 is 10.2 Å². The number of carbonyl (C=O) groups is 2. The molecule has 4 aromatic rings. The van der Waals surface area contributed by atoms with Crippen molar-refractivity contribution >= 4 is 36.7 Å². The number of esters is 1. The highest BCUT2D eigenvalue weighted by Gasteiger charge is 2.33. The van der Waals surface area contributed by atoms with Gasteiger partial charge < -0.3 is 19.9 Å². The second kappa shape index (κ2) is 15.4. The predicted molar refractivity (Wildman–Crippen MR) is 162 cm³/mol. The molecule has 3 atom stereocenters. The maximum Gasteiger partial charge on any atom is 0.329 e. The molecule has 0 spiro atoms. The molecule has 0 saturated carbocycles. The highest BCUT2D eigenvalue weighted by Crippen LogP contribution is 2.21. The van der Waals surface area contributed by atoms with Crippen LogP contribution in [-0.4, -0.2) is 44.8 Å². The minimum absolute atomic E-state index is 0.0330. The average Bonchev–Trinajstić information content (AvgIpc) is 3.40. The number of H-pyrrole nitrogens is 1. The second-order valence-corrected chi connectivity index (χ2v) is 11.2. The Morgan fingerprint density at radius 2 is 1.60 bits per heavy atom. The molecule has 0 radical (unpaired) electrons. The largest absolute Gasteiger partial charge is 0.602 e. The van der Waals surface area contributed by atoms with Gasteiger partial charge in [-0.25, -0.2) is 4.79 Å². The van der Waals surface area contributed by atoms with E-state index in [1.54, 1.807) is 0 Å². The van der Waals surface area contributed by atoms with E-state index < -0.39 is 32.0 Å². The Morgan fingerprint density at radius 3 is 2.24 bits per heavy atom. The van der Waals surface area contributed by atoms with E-state index in [9.17, 15) is 19.4 Å². The van der Waals surface area contributed by atoms with E-state index in [2.05, 4.69) is 10.3 Å². The van der Waals surface area contributed by atoms with E-state index in [0.717, 1.165) is 38.6 Å². The van der Waals surface area contributed by atoms with Gasteiger partial charge in [-0.15, -0.1) is 5.06 Å². The van der Waals surface area contributed by atoms with Crippen molar-refractivity contribution in [1.29, 1.82) is 0 Å². The Hall–Kier alpha value is -3.85. The zero-order valence-electron chi connectivity index (χ0n) is 23.7. The number of amides is 1. The minimum Gasteiger partial charge on any atom is -0.602 e. The van der Waals surface area contributed by atoms with E-state index >= 15 is 0 Å². The average molecular weight is 590 g/mol. The lowest BCUT2D eigenvalue weighted by atomic mass is 10.0. The number of para-hydroxylation sites is 1. The first-order chi connectivity index (χ1) is 20.3. The van der Waals surface area contributed by atoms with Crippen LogP contribution in [0.15, 0.2) is 91.1 Å². The zero-order chi connectivity index (χ0) is 29.9. The quantitative estimate of drug-likeness (QED) is 0.114. The molecule has 0 aliphatic rings. The molecule has 0 bridgehead atoms. The smallest absolute Gasteiger partial charge is 0.329 e. The molecule has 0 fully saturated rings. The SMILES string of the molecule is CC(C)C[C@@H](C(=O)N[C@@H](Cc1c[nH]c2ccccc12)C(=O)OCc1ccccc1)N(C=[P+]([O-])O)OCc1ccccc1. The van der Waals surface area contributed by atoms with Gasteiger partial charge in [0.15, 0.2) is 0 Å². The fourth-order valence-electron chi connectivity index (χ4n) is 4.61. The summed E-state index contributed by atoms with van der Waals surface area (Å²) >= 11 is 0. The third kappa shape index (κ3) is 9.08. The van der Waals surface area contributed by atoms with Crippen LogP contribution in [0, 0.1) is 5.92 Å². The third-order valence-corrected chi connectivity index (χ3v) is 7.09. The number of nitrogens with one attached hydrogen (secondary N) is 2. The predicted octanol–water partition coefficient (Wildman–Crippen LogP) is 4.21. The van der Waals surface area contributed by atoms with Gasteiger partial charge in [0, 0.05) is 23.5 Å². The first-order valence-corrected chi connectivity index (χ1v) is 15.1. The van der Waals surface area contributed by atoms with Crippen LogP contribution in [0.3, 0.4) is 0 Å². The second-order valence-electron chi connectivity index (χ2n) is 10.4. The molecule has 0 aliphatic carbocycles. The van der Waals surface area contributed by atoms with Crippen molar-refractivity contribution in [2.24, 2.45) is 5.92 Å². The summed E-state index contributed by atoms with van der Waals surface area (Å²) in [6.07, 6.45) is 2.30. The summed E-state index contributed by atoms with van der Waals surface area (Å²) in [6.45, 7) is 4.01. The van der Waals surface area contributed by atoms with Crippen LogP contribution in [-0.2, 0) is 38.8 Å². The van der Waals surface area contributed by atoms with Crippen LogP contribution in [0.5, 0.6) is 0 Å². The maximum atomic E-state index is 13.8. The van der Waals surface area contributed by atoms with E-state index in [4.69, 9.17) is 9.57 Å². The Balaban J connectivity index is 1.58. The number of nitrogens with zero attached hydrogens (tertiary/aromatic N) is 1. The zero-order valence-corrected chi connectivity index (χ0v) is 24.6. The van der Waals surface area contributed by atoms with Crippen molar-refractivity contribution in [3.63, 3.8) is 0 Å². The van der Waals surface area contributed by atoms with Crippen LogP contribution >= 0.6 is 8.00 Å². The maximum absolute atomic E-state index is 13.8. The first-order valence-electron chi connectivity index (χ1n) is 13.8. The minimum atomic E-state index is -2.77. The summed E-state index contributed by atoms with van der Waals surface area (Å²) in [6, 6.07) is 24.3. The molecule has 0 saturated heterocycles. The van der Waals surface area contributed by atoms with Gasteiger partial charge >= 0.3 is 5.97 Å². The standard InChI is InChI=1S/C32H36N3O6P/c1-23(2)17-30(35(22-42(38)39)41-21-25-13-7-4-8-14-25)31(36)34-29(32(37)40-20-24-11-5-3-6-12-24)18-26-19-33-28-16-10-9-15-27(26)28/h3-16,19,22-23,29-30,33H,17-18,20-21H2,1-2H3,(H,34,36)(H,38,39)/t29-,30-/m0/s1. The van der Waals surface area contributed by atoms with Gasteiger partial charge in [-0.2, -0.15) is 4.89 Å². The number of fused-ring (bicyclic) bond motifs is 1. The summed E-state index contributed by atoms with van der Waals surface area (Å²) < 4.78 is 5.64. The van der Waals surface area contributed by atoms with Crippen LogP contribution in [0.2, 0.25) is 0 Å². The molecule has 9 nitrogen and oxygen atoms in total. The molecule has 1 unspecified atom stereocenters. The number of hydroxylamine groups is 2. The van der Waals surface area contributed by atoms with Gasteiger partial charge in [-0.3, -0.25) is 9.63 Å². The molecule has 1 heterocycles. The van der Waals surface area contributed by atoms with Gasteiger partial charge in [-0.05, 0) is 35.1 Å². The molecular formula is C32H36N3O6P. The number of carbonyl (C=O) groups excluding carboxylic acids is 2. The van der Waals surface area contributed by atoms with Gasteiger partial charge in [-0.1, -0.05) is 92.7 Å². The molecule has 42 heavy (non-hydrogen) atoms. The lowest BCUT2D eigenvalue weighted by molar-refractivity contribution is -0.173. The van der Waals surface area contributed by atoms with E-state index in [0.29, 0.717) is 6.42 Å². The van der Waals surface area contributed by atoms with E-state index in [1.807, 2.05) is 105 Å². The number of hydrogen-bond acceptors (Lipinski definition) is 6. The number of rotatable bonds is 14. The lowest BCUT2D eigenvalue weighted by Crippen LogP contribution is -2.52. The molecular weight excluding hydrogens is 553 g/mol. The molecule has 0 aliphatic heterocycles. The van der Waals surface area contributed by atoms with Crippen molar-refractivity contribution < 1.29 is 29.0 Å². The van der Waals surface area contributed by atoms with Crippen LogP contribution in [0.1, 0.15) is 37.0 Å². The molecule has 1 amide bonds. The van der Waals surface area contributed by atoms with E-state index in [1.165, 1.54) is 0 Å². The molecule has 220 valence electrons. The summed E-state index contributed by atoms with van der Waals surface area (Å²) in [5, 5.41) is 4.94. The van der Waals surface area contributed by atoms with Crippen molar-refractivity contribution in [3.8, 4) is 0 Å². The molecule has 4 rings (SSSR count). The number of hydrogen-bond donors (Lipinski definition) is 3. The normalized spacial score (nSPS) is 13.3. The number of aromatic amines is 1. The molecule has 3 aromatic carbocycles. The highest BCUT2D eigenvalue weighted by atomic mass is 31.1. The topological polar surface area (TPSA) is 127 Å². The fourth-order valence-corrected chi connectivity index (χ4v) is 5.03. The number of aromatic nitrogens is 1. The Bertz CT molecular complexity index is 1470.